The lowest BCUT2D eigenvalue weighted by atomic mass is 10.3. The quantitative estimate of drug-likeness (QED) is 0.854. The Bertz CT molecular complexity index is 726. The van der Waals surface area contributed by atoms with Crippen molar-refractivity contribution in [3.8, 4) is 0 Å². The van der Waals surface area contributed by atoms with Gasteiger partial charge in [-0.3, -0.25) is 4.40 Å². The number of imidazole rings is 1. The number of halogens is 1. The Morgan fingerprint density at radius 1 is 1.42 bits per heavy atom. The fraction of sp³-hybridized carbons (Fsp3) is 0.417. The van der Waals surface area contributed by atoms with Crippen LogP contribution in [0.25, 0.3) is 5.65 Å². The normalized spacial score (nSPS) is 21.3. The van der Waals surface area contributed by atoms with E-state index in [0.29, 0.717) is 12.2 Å². The van der Waals surface area contributed by atoms with Gasteiger partial charge in [0.1, 0.15) is 5.65 Å². The summed E-state index contributed by atoms with van der Waals surface area (Å²) in [6, 6.07) is 5.30. The maximum Gasteiger partial charge on any atom is 0.262 e. The smallest absolute Gasteiger partial charge is 0.262 e. The van der Waals surface area contributed by atoms with E-state index in [4.69, 9.17) is 11.6 Å². The Hall–Kier alpha value is -1.11. The van der Waals surface area contributed by atoms with Gasteiger partial charge in [0.05, 0.1) is 0 Å². The van der Waals surface area contributed by atoms with E-state index in [9.17, 15) is 8.42 Å². The average Bonchev–Trinajstić information content (AvgIpc) is 2.91. The average molecular weight is 300 g/mol. The second-order valence-electron chi connectivity index (χ2n) is 4.74. The number of hydrogen-bond acceptors (Lipinski definition) is 3. The third-order valence-electron chi connectivity index (χ3n) is 3.49. The predicted molar refractivity (Wildman–Crippen MR) is 72.8 cm³/mol. The molecule has 3 heterocycles. The molecule has 0 radical (unpaired) electrons. The fourth-order valence-corrected chi connectivity index (χ4v) is 4.85. The molecular weight excluding hydrogens is 286 g/mol. The van der Waals surface area contributed by atoms with Gasteiger partial charge in [-0.05, 0) is 31.9 Å². The van der Waals surface area contributed by atoms with Crippen LogP contribution in [0.4, 0.5) is 0 Å². The molecule has 0 N–H and O–H groups in total. The lowest BCUT2D eigenvalue weighted by molar-refractivity contribution is 0.406. The molecule has 0 bridgehead atoms. The molecule has 1 fully saturated rings. The summed E-state index contributed by atoms with van der Waals surface area (Å²) in [4.78, 5) is 4.10. The highest BCUT2D eigenvalue weighted by molar-refractivity contribution is 7.89. The van der Waals surface area contributed by atoms with E-state index in [0.717, 1.165) is 12.8 Å². The summed E-state index contributed by atoms with van der Waals surface area (Å²) in [5, 5.41) is 0.101. The molecular formula is C12H14ClN3O2S. The Morgan fingerprint density at radius 3 is 2.89 bits per heavy atom. The standard InChI is InChI=1S/C12H14ClN3O2S/c1-9-5-4-8-16(9)19(17,18)12-11(13)14-10-6-2-3-7-15(10)12/h2-3,6-7,9H,4-5,8H2,1H3. The molecule has 2 aromatic rings. The van der Waals surface area contributed by atoms with Crippen LogP contribution in [0.5, 0.6) is 0 Å². The van der Waals surface area contributed by atoms with Gasteiger partial charge in [-0.1, -0.05) is 17.7 Å². The Balaban J connectivity index is 2.21. The van der Waals surface area contributed by atoms with Crippen molar-refractivity contribution < 1.29 is 8.42 Å². The number of aromatic nitrogens is 2. The van der Waals surface area contributed by atoms with Gasteiger partial charge in [-0.2, -0.15) is 4.31 Å². The Labute approximate surface area is 116 Å². The molecule has 1 unspecified atom stereocenters. The number of fused-ring (bicyclic) bond motifs is 1. The zero-order valence-corrected chi connectivity index (χ0v) is 12.0. The van der Waals surface area contributed by atoms with Gasteiger partial charge in [0.15, 0.2) is 10.2 Å². The molecule has 1 atom stereocenters. The van der Waals surface area contributed by atoms with Crippen LogP contribution in [-0.4, -0.2) is 34.7 Å². The number of hydrogen-bond donors (Lipinski definition) is 0. The lowest BCUT2D eigenvalue weighted by Crippen LogP contribution is -2.34. The molecule has 0 spiro atoms. The van der Waals surface area contributed by atoms with Gasteiger partial charge in [0, 0.05) is 18.8 Å². The van der Waals surface area contributed by atoms with Crippen LogP contribution in [0.2, 0.25) is 5.15 Å². The molecule has 0 amide bonds. The van der Waals surface area contributed by atoms with Crippen LogP contribution in [0.3, 0.4) is 0 Å². The summed E-state index contributed by atoms with van der Waals surface area (Å²) in [5.41, 5.74) is 0.540. The largest absolute Gasteiger partial charge is 0.288 e. The maximum absolute atomic E-state index is 12.7. The highest BCUT2D eigenvalue weighted by Crippen LogP contribution is 2.30. The number of pyridine rings is 1. The van der Waals surface area contributed by atoms with Crippen molar-refractivity contribution in [1.82, 2.24) is 13.7 Å². The minimum atomic E-state index is -3.60. The van der Waals surface area contributed by atoms with Crippen LogP contribution in [0.15, 0.2) is 29.4 Å². The van der Waals surface area contributed by atoms with Crippen molar-refractivity contribution in [2.45, 2.75) is 30.8 Å². The number of rotatable bonds is 2. The van der Waals surface area contributed by atoms with E-state index < -0.39 is 10.0 Å². The summed E-state index contributed by atoms with van der Waals surface area (Å²) < 4.78 is 28.5. The zero-order valence-electron chi connectivity index (χ0n) is 10.5. The molecule has 0 aliphatic carbocycles. The SMILES string of the molecule is CC1CCCN1S(=O)(=O)c1c(Cl)nc2ccccn12. The minimum absolute atomic E-state index is 0.00956. The molecule has 1 aliphatic rings. The first-order valence-corrected chi connectivity index (χ1v) is 7.98. The highest BCUT2D eigenvalue weighted by Gasteiger charge is 2.36. The molecule has 0 aromatic carbocycles. The van der Waals surface area contributed by atoms with Crippen molar-refractivity contribution >= 4 is 27.3 Å². The second-order valence-corrected chi connectivity index (χ2v) is 6.91. The van der Waals surface area contributed by atoms with Gasteiger partial charge >= 0.3 is 0 Å². The Morgan fingerprint density at radius 2 is 2.21 bits per heavy atom. The molecule has 102 valence electrons. The number of sulfonamides is 1. The van der Waals surface area contributed by atoms with E-state index in [-0.39, 0.29) is 16.2 Å². The molecule has 7 heteroatoms. The zero-order chi connectivity index (χ0) is 13.6. The Kier molecular flexibility index (Phi) is 3.03. The first-order valence-electron chi connectivity index (χ1n) is 6.16. The van der Waals surface area contributed by atoms with Gasteiger partial charge < -0.3 is 0 Å². The number of nitrogens with zero attached hydrogens (tertiary/aromatic N) is 3. The molecule has 3 rings (SSSR count). The van der Waals surface area contributed by atoms with E-state index in [1.807, 2.05) is 6.92 Å². The lowest BCUT2D eigenvalue weighted by Gasteiger charge is -2.20. The maximum atomic E-state index is 12.7. The molecule has 1 saturated heterocycles. The van der Waals surface area contributed by atoms with Gasteiger partial charge in [0.2, 0.25) is 0 Å². The van der Waals surface area contributed by atoms with Gasteiger partial charge in [0.25, 0.3) is 10.0 Å². The van der Waals surface area contributed by atoms with E-state index in [2.05, 4.69) is 4.98 Å². The summed E-state index contributed by atoms with van der Waals surface area (Å²) in [6.45, 7) is 2.46. The van der Waals surface area contributed by atoms with Crippen molar-refractivity contribution in [1.29, 1.82) is 0 Å². The minimum Gasteiger partial charge on any atom is -0.288 e. The summed E-state index contributed by atoms with van der Waals surface area (Å²) in [6.07, 6.45) is 3.43. The van der Waals surface area contributed by atoms with Crippen LogP contribution in [0, 0.1) is 0 Å². The van der Waals surface area contributed by atoms with Crippen molar-refractivity contribution in [3.63, 3.8) is 0 Å². The van der Waals surface area contributed by atoms with Crippen LogP contribution in [-0.2, 0) is 10.0 Å². The van der Waals surface area contributed by atoms with Crippen LogP contribution < -0.4 is 0 Å². The second kappa shape index (κ2) is 4.47. The summed E-state index contributed by atoms with van der Waals surface area (Å²) in [7, 11) is -3.60. The van der Waals surface area contributed by atoms with Gasteiger partial charge in [-0.15, -0.1) is 0 Å². The molecule has 5 nitrogen and oxygen atoms in total. The van der Waals surface area contributed by atoms with Crippen LogP contribution >= 0.6 is 11.6 Å². The van der Waals surface area contributed by atoms with E-state index >= 15 is 0 Å². The van der Waals surface area contributed by atoms with E-state index in [1.165, 1.54) is 8.71 Å². The molecule has 0 saturated carbocycles. The highest BCUT2D eigenvalue weighted by atomic mass is 35.5. The van der Waals surface area contributed by atoms with Crippen molar-refractivity contribution in [2.24, 2.45) is 0 Å². The topological polar surface area (TPSA) is 54.7 Å². The monoisotopic (exact) mass is 299 g/mol. The molecule has 1 aliphatic heterocycles. The third kappa shape index (κ3) is 1.94. The third-order valence-corrected chi connectivity index (χ3v) is 5.91. The fourth-order valence-electron chi connectivity index (χ4n) is 2.55. The summed E-state index contributed by atoms with van der Waals surface area (Å²) in [5.74, 6) is 0. The molecule has 19 heavy (non-hydrogen) atoms. The van der Waals surface area contributed by atoms with Crippen LogP contribution in [0.1, 0.15) is 19.8 Å². The predicted octanol–water partition coefficient (Wildman–Crippen LogP) is 2.16. The summed E-state index contributed by atoms with van der Waals surface area (Å²) >= 11 is 6.04. The van der Waals surface area contributed by atoms with Gasteiger partial charge in [-0.25, -0.2) is 13.4 Å². The first-order chi connectivity index (χ1) is 9.01. The van der Waals surface area contributed by atoms with Crippen molar-refractivity contribution in [3.05, 3.63) is 29.5 Å². The van der Waals surface area contributed by atoms with E-state index in [1.54, 1.807) is 24.4 Å². The van der Waals surface area contributed by atoms with Crippen molar-refractivity contribution in [2.75, 3.05) is 6.54 Å². The first kappa shape index (κ1) is 12.9. The molecule has 2 aromatic heterocycles.